The van der Waals surface area contributed by atoms with Crippen LogP contribution in [0.3, 0.4) is 0 Å². The van der Waals surface area contributed by atoms with Gasteiger partial charge in [0.25, 0.3) is 0 Å². The lowest BCUT2D eigenvalue weighted by atomic mass is 9.51. The van der Waals surface area contributed by atoms with Crippen LogP contribution in [0.2, 0.25) is 0 Å². The Morgan fingerprint density at radius 1 is 1.19 bits per heavy atom. The third-order valence-electron chi connectivity index (χ3n) is 5.51. The van der Waals surface area contributed by atoms with Crippen molar-refractivity contribution in [3.8, 4) is 0 Å². The van der Waals surface area contributed by atoms with Crippen LogP contribution in [-0.4, -0.2) is 37.3 Å². The molecule has 0 radical (unpaired) electrons. The fourth-order valence-corrected chi connectivity index (χ4v) is 3.84. The molecule has 3 rings (SSSR count). The lowest BCUT2D eigenvalue weighted by Crippen LogP contribution is -2.69. The molecule has 122 valence electrons. The van der Waals surface area contributed by atoms with Crippen molar-refractivity contribution >= 4 is 29.9 Å². The van der Waals surface area contributed by atoms with Crippen molar-refractivity contribution in [1.82, 2.24) is 10.6 Å². The van der Waals surface area contributed by atoms with Gasteiger partial charge in [-0.15, -0.1) is 24.0 Å². The maximum absolute atomic E-state index is 5.92. The van der Waals surface area contributed by atoms with E-state index in [0.29, 0.717) is 23.6 Å². The number of nitrogens with zero attached hydrogens (tertiary/aromatic N) is 1. The summed E-state index contributed by atoms with van der Waals surface area (Å²) in [4.78, 5) is 4.62. The zero-order chi connectivity index (χ0) is 14.0. The quantitative estimate of drug-likeness (QED) is 0.418. The minimum atomic E-state index is 0. The molecule has 2 unspecified atom stereocenters. The molecule has 21 heavy (non-hydrogen) atoms. The van der Waals surface area contributed by atoms with Gasteiger partial charge in [-0.2, -0.15) is 0 Å². The molecule has 4 nitrogen and oxygen atoms in total. The maximum atomic E-state index is 5.92. The number of ether oxygens (including phenoxy) is 1. The number of hydrogen-bond donors (Lipinski definition) is 2. The van der Waals surface area contributed by atoms with E-state index < -0.39 is 0 Å². The standard InChI is InChI=1S/C16H29N3O.HI/c1-3-17-15(18-12-7-5-8-12)19-13-11-14(20-4-2)16(13)9-6-10-16;/h12-14H,3-11H2,1-2H3,(H2,17,18,19);1H. The Labute approximate surface area is 145 Å². The van der Waals surface area contributed by atoms with Gasteiger partial charge in [0, 0.05) is 30.7 Å². The molecule has 0 aromatic rings. The van der Waals surface area contributed by atoms with Crippen molar-refractivity contribution in [2.75, 3.05) is 13.2 Å². The lowest BCUT2D eigenvalue weighted by molar-refractivity contribution is -0.168. The molecule has 2 atom stereocenters. The Hall–Kier alpha value is -0.0400. The highest BCUT2D eigenvalue weighted by molar-refractivity contribution is 14.0. The average molecular weight is 407 g/mol. The van der Waals surface area contributed by atoms with Gasteiger partial charge in [-0.3, -0.25) is 4.99 Å². The second-order valence-corrected chi connectivity index (χ2v) is 6.56. The molecule has 0 aromatic heterocycles. The van der Waals surface area contributed by atoms with Crippen LogP contribution in [0, 0.1) is 5.41 Å². The third kappa shape index (κ3) is 3.33. The Morgan fingerprint density at radius 3 is 2.43 bits per heavy atom. The first-order valence-corrected chi connectivity index (χ1v) is 8.47. The minimum Gasteiger partial charge on any atom is -0.378 e. The van der Waals surface area contributed by atoms with E-state index >= 15 is 0 Å². The lowest BCUT2D eigenvalue weighted by Gasteiger charge is -2.61. The van der Waals surface area contributed by atoms with E-state index in [4.69, 9.17) is 4.74 Å². The van der Waals surface area contributed by atoms with Gasteiger partial charge >= 0.3 is 0 Å². The van der Waals surface area contributed by atoms with Gasteiger partial charge in [-0.05, 0) is 52.4 Å². The van der Waals surface area contributed by atoms with Gasteiger partial charge in [0.15, 0.2) is 5.96 Å². The largest absolute Gasteiger partial charge is 0.378 e. The van der Waals surface area contributed by atoms with Crippen molar-refractivity contribution in [2.24, 2.45) is 10.4 Å². The molecular weight excluding hydrogens is 377 g/mol. The van der Waals surface area contributed by atoms with Crippen LogP contribution >= 0.6 is 24.0 Å². The summed E-state index contributed by atoms with van der Waals surface area (Å²) in [5.41, 5.74) is 0.409. The normalized spacial score (nSPS) is 30.7. The monoisotopic (exact) mass is 407 g/mol. The highest BCUT2D eigenvalue weighted by Gasteiger charge is 2.59. The summed E-state index contributed by atoms with van der Waals surface area (Å²) in [5.74, 6) is 1.03. The molecular formula is C16H30IN3O. The summed E-state index contributed by atoms with van der Waals surface area (Å²) in [6.07, 6.45) is 9.56. The zero-order valence-corrected chi connectivity index (χ0v) is 15.7. The number of guanidine groups is 1. The Bertz CT molecular complexity index is 367. The van der Waals surface area contributed by atoms with Gasteiger partial charge < -0.3 is 15.4 Å². The highest BCUT2D eigenvalue weighted by Crippen LogP contribution is 2.57. The molecule has 2 N–H and O–H groups in total. The summed E-state index contributed by atoms with van der Waals surface area (Å²) >= 11 is 0. The van der Waals surface area contributed by atoms with Crippen molar-refractivity contribution in [3.05, 3.63) is 0 Å². The fourth-order valence-electron chi connectivity index (χ4n) is 3.84. The van der Waals surface area contributed by atoms with Crippen LogP contribution < -0.4 is 10.6 Å². The van der Waals surface area contributed by atoms with Gasteiger partial charge in [0.05, 0.1) is 6.10 Å². The minimum absolute atomic E-state index is 0. The Balaban J connectivity index is 0.00000161. The topological polar surface area (TPSA) is 45.7 Å². The van der Waals surface area contributed by atoms with Gasteiger partial charge in [0.2, 0.25) is 0 Å². The zero-order valence-electron chi connectivity index (χ0n) is 13.4. The molecule has 0 aliphatic heterocycles. The van der Waals surface area contributed by atoms with E-state index in [1.54, 1.807) is 0 Å². The molecule has 0 bridgehead atoms. The van der Waals surface area contributed by atoms with Crippen molar-refractivity contribution in [1.29, 1.82) is 0 Å². The summed E-state index contributed by atoms with van der Waals surface area (Å²) in [5, 5.41) is 7.28. The van der Waals surface area contributed by atoms with Crippen molar-refractivity contribution < 1.29 is 4.74 Å². The van der Waals surface area contributed by atoms with Crippen LogP contribution in [0.15, 0.2) is 4.99 Å². The number of halogens is 1. The summed E-state index contributed by atoms with van der Waals surface area (Å²) < 4.78 is 5.92. The fraction of sp³-hybridized carbons (Fsp3) is 0.938. The highest BCUT2D eigenvalue weighted by atomic mass is 127. The summed E-state index contributed by atoms with van der Waals surface area (Å²) in [7, 11) is 0. The van der Waals surface area contributed by atoms with Crippen molar-refractivity contribution in [2.45, 2.75) is 77.0 Å². The first-order chi connectivity index (χ1) is 9.78. The predicted octanol–water partition coefficient (Wildman–Crippen LogP) is 3.06. The Morgan fingerprint density at radius 2 is 1.95 bits per heavy atom. The average Bonchev–Trinajstić information content (AvgIpc) is 2.30. The van der Waals surface area contributed by atoms with Crippen LogP contribution in [0.1, 0.15) is 58.8 Å². The van der Waals surface area contributed by atoms with Crippen LogP contribution in [0.25, 0.3) is 0 Å². The summed E-state index contributed by atoms with van der Waals surface area (Å²) in [6, 6.07) is 1.21. The molecule has 3 aliphatic carbocycles. The van der Waals surface area contributed by atoms with Crippen LogP contribution in [0.5, 0.6) is 0 Å². The van der Waals surface area contributed by atoms with E-state index in [0.717, 1.165) is 25.5 Å². The predicted molar refractivity (Wildman–Crippen MR) is 97.4 cm³/mol. The number of hydrogen-bond acceptors (Lipinski definition) is 2. The molecule has 1 spiro atoms. The molecule has 0 heterocycles. The number of aliphatic imine (C=N–C) groups is 1. The van der Waals surface area contributed by atoms with E-state index in [-0.39, 0.29) is 24.0 Å². The van der Waals surface area contributed by atoms with Crippen LogP contribution in [-0.2, 0) is 4.74 Å². The first kappa shape index (κ1) is 17.3. The second-order valence-electron chi connectivity index (χ2n) is 6.56. The van der Waals surface area contributed by atoms with E-state index in [1.807, 2.05) is 0 Å². The van der Waals surface area contributed by atoms with Gasteiger partial charge in [-0.1, -0.05) is 6.42 Å². The Kier molecular flexibility index (Phi) is 6.17. The van der Waals surface area contributed by atoms with E-state index in [9.17, 15) is 0 Å². The van der Waals surface area contributed by atoms with Crippen molar-refractivity contribution in [3.63, 3.8) is 0 Å². The molecule has 3 fully saturated rings. The second kappa shape index (κ2) is 7.49. The molecule has 0 aromatic carbocycles. The summed E-state index contributed by atoms with van der Waals surface area (Å²) in [6.45, 7) is 5.90. The van der Waals surface area contributed by atoms with Crippen LogP contribution in [0.4, 0.5) is 0 Å². The molecule has 5 heteroatoms. The molecule has 0 saturated heterocycles. The SMILES string of the molecule is CCN=C(NC1CCC1)NC1CC(OCC)C12CCC2.I. The smallest absolute Gasteiger partial charge is 0.191 e. The third-order valence-corrected chi connectivity index (χ3v) is 5.51. The molecule has 3 saturated carbocycles. The first-order valence-electron chi connectivity index (χ1n) is 8.47. The molecule has 0 amide bonds. The van der Waals surface area contributed by atoms with E-state index in [2.05, 4.69) is 29.5 Å². The molecule has 3 aliphatic rings. The number of rotatable bonds is 5. The van der Waals surface area contributed by atoms with E-state index in [1.165, 1.54) is 38.5 Å². The van der Waals surface area contributed by atoms with Gasteiger partial charge in [0.1, 0.15) is 0 Å². The maximum Gasteiger partial charge on any atom is 0.191 e. The number of nitrogens with one attached hydrogen (secondary N) is 2. The van der Waals surface area contributed by atoms with Gasteiger partial charge in [-0.25, -0.2) is 0 Å².